The first-order valence-corrected chi connectivity index (χ1v) is 7.61. The zero-order valence-corrected chi connectivity index (χ0v) is 14.2. The second kappa shape index (κ2) is 7.07. The van der Waals surface area contributed by atoms with E-state index in [1.54, 1.807) is 0 Å². The van der Waals surface area contributed by atoms with Crippen LogP contribution in [0.1, 0.15) is 47.1 Å². The van der Waals surface area contributed by atoms with Crippen LogP contribution in [0.5, 0.6) is 0 Å². The Morgan fingerprint density at radius 2 is 1.90 bits per heavy atom. The second-order valence-electron chi connectivity index (χ2n) is 7.16. The zero-order chi connectivity index (χ0) is 15.3. The third-order valence-electron chi connectivity index (χ3n) is 3.90. The largest absolute Gasteiger partial charge is 0.356 e. The lowest BCUT2D eigenvalue weighted by Crippen LogP contribution is -2.40. The van der Waals surface area contributed by atoms with Gasteiger partial charge < -0.3 is 10.2 Å². The minimum absolute atomic E-state index is 0.231. The van der Waals surface area contributed by atoms with Gasteiger partial charge in [0.15, 0.2) is 0 Å². The van der Waals surface area contributed by atoms with Crippen LogP contribution in [0, 0.1) is 11.3 Å². The molecule has 1 rings (SSSR count). The number of anilines is 1. The number of rotatable bonds is 6. The van der Waals surface area contributed by atoms with E-state index in [-0.39, 0.29) is 5.41 Å². The molecule has 3 nitrogen and oxygen atoms in total. The monoisotopic (exact) mass is 277 g/mol. The van der Waals surface area contributed by atoms with Crippen LogP contribution in [-0.4, -0.2) is 24.6 Å². The van der Waals surface area contributed by atoms with E-state index in [0.717, 1.165) is 18.9 Å². The maximum atomic E-state index is 4.60. The van der Waals surface area contributed by atoms with Gasteiger partial charge in [-0.1, -0.05) is 40.7 Å². The number of hydrogen-bond donors (Lipinski definition) is 1. The van der Waals surface area contributed by atoms with Crippen LogP contribution in [-0.2, 0) is 6.54 Å². The van der Waals surface area contributed by atoms with Crippen molar-refractivity contribution < 1.29 is 0 Å². The summed E-state index contributed by atoms with van der Waals surface area (Å²) in [5.41, 5.74) is 1.50. The minimum atomic E-state index is 0.231. The molecule has 0 fully saturated rings. The number of nitrogens with one attached hydrogen (secondary N) is 1. The van der Waals surface area contributed by atoms with Gasteiger partial charge in [-0.05, 0) is 30.9 Å². The summed E-state index contributed by atoms with van der Waals surface area (Å²) >= 11 is 0. The fourth-order valence-corrected chi connectivity index (χ4v) is 2.15. The number of hydrogen-bond acceptors (Lipinski definition) is 3. The highest BCUT2D eigenvalue weighted by Gasteiger charge is 2.25. The normalized spacial score (nSPS) is 13.6. The average Bonchev–Trinajstić information content (AvgIpc) is 2.36. The molecule has 0 saturated carbocycles. The highest BCUT2D eigenvalue weighted by molar-refractivity contribution is 5.47. The highest BCUT2D eigenvalue weighted by Crippen LogP contribution is 2.27. The molecule has 0 bridgehead atoms. The Balaban J connectivity index is 2.84. The van der Waals surface area contributed by atoms with Crippen molar-refractivity contribution in [2.24, 2.45) is 11.3 Å². The van der Waals surface area contributed by atoms with Crippen molar-refractivity contribution in [1.29, 1.82) is 0 Å². The van der Waals surface area contributed by atoms with E-state index in [1.165, 1.54) is 5.56 Å². The molecular formula is C17H31N3. The minimum Gasteiger partial charge on any atom is -0.356 e. The first-order chi connectivity index (χ1) is 9.23. The summed E-state index contributed by atoms with van der Waals surface area (Å²) in [7, 11) is 2.14. The van der Waals surface area contributed by atoms with Crippen LogP contribution >= 0.6 is 0 Å². The van der Waals surface area contributed by atoms with Crippen LogP contribution < -0.4 is 10.2 Å². The lowest BCUT2D eigenvalue weighted by molar-refractivity contribution is 0.328. The Hall–Kier alpha value is -1.09. The lowest BCUT2D eigenvalue weighted by Gasteiger charge is -2.37. The van der Waals surface area contributed by atoms with Gasteiger partial charge in [-0.3, -0.25) is 0 Å². The number of nitrogens with zero attached hydrogens (tertiary/aromatic N) is 2. The van der Waals surface area contributed by atoms with Gasteiger partial charge in [-0.15, -0.1) is 0 Å². The Kier molecular flexibility index (Phi) is 6.00. The van der Waals surface area contributed by atoms with E-state index in [9.17, 15) is 0 Å². The molecule has 0 spiro atoms. The van der Waals surface area contributed by atoms with Crippen molar-refractivity contribution in [3.63, 3.8) is 0 Å². The standard InChI is InChI=1S/C17H31N3/c1-13(2)11-18-12-15-9-8-10-19-16(15)20(7)14(3)17(4,5)6/h8-10,13-14,18H,11-12H2,1-7H3. The summed E-state index contributed by atoms with van der Waals surface area (Å²) in [6, 6.07) is 4.62. The molecule has 0 aliphatic rings. The Morgan fingerprint density at radius 1 is 1.25 bits per heavy atom. The molecule has 0 aromatic carbocycles. The summed E-state index contributed by atoms with van der Waals surface area (Å²) < 4.78 is 0. The summed E-state index contributed by atoms with van der Waals surface area (Å²) in [6.45, 7) is 15.4. The van der Waals surface area contributed by atoms with Crippen LogP contribution in [0.2, 0.25) is 0 Å². The van der Waals surface area contributed by atoms with Crippen LogP contribution in [0.25, 0.3) is 0 Å². The molecule has 1 unspecified atom stereocenters. The molecule has 1 aromatic heterocycles. The molecule has 114 valence electrons. The van der Waals surface area contributed by atoms with Crippen molar-refractivity contribution in [3.8, 4) is 0 Å². The second-order valence-corrected chi connectivity index (χ2v) is 7.16. The van der Waals surface area contributed by atoms with Gasteiger partial charge in [-0.2, -0.15) is 0 Å². The molecule has 1 heterocycles. The SMILES string of the molecule is CC(C)CNCc1cccnc1N(C)C(C)C(C)(C)C. The van der Waals surface area contributed by atoms with E-state index >= 15 is 0 Å². The van der Waals surface area contributed by atoms with Gasteiger partial charge in [0.1, 0.15) is 5.82 Å². The van der Waals surface area contributed by atoms with E-state index in [4.69, 9.17) is 0 Å². The molecule has 1 atom stereocenters. The first kappa shape index (κ1) is 17.0. The van der Waals surface area contributed by atoms with Crippen molar-refractivity contribution in [2.45, 2.75) is 54.1 Å². The molecule has 1 N–H and O–H groups in total. The van der Waals surface area contributed by atoms with E-state index in [1.807, 2.05) is 12.3 Å². The molecule has 1 aromatic rings. The predicted molar refractivity (Wildman–Crippen MR) is 88.1 cm³/mol. The number of aromatic nitrogens is 1. The highest BCUT2D eigenvalue weighted by atomic mass is 15.2. The van der Waals surface area contributed by atoms with E-state index in [2.05, 4.69) is 69.9 Å². The molecule has 0 aliphatic carbocycles. The van der Waals surface area contributed by atoms with Crippen molar-refractivity contribution >= 4 is 5.82 Å². The predicted octanol–water partition coefficient (Wildman–Crippen LogP) is 3.70. The maximum absolute atomic E-state index is 4.60. The summed E-state index contributed by atoms with van der Waals surface area (Å²) in [6.07, 6.45) is 1.88. The summed E-state index contributed by atoms with van der Waals surface area (Å²) in [5, 5.41) is 3.51. The van der Waals surface area contributed by atoms with Crippen molar-refractivity contribution in [3.05, 3.63) is 23.9 Å². The van der Waals surface area contributed by atoms with Crippen molar-refractivity contribution in [2.75, 3.05) is 18.5 Å². The van der Waals surface area contributed by atoms with Gasteiger partial charge in [0, 0.05) is 31.4 Å². The van der Waals surface area contributed by atoms with Crippen LogP contribution in [0.3, 0.4) is 0 Å². The molecule has 3 heteroatoms. The zero-order valence-electron chi connectivity index (χ0n) is 14.2. The van der Waals surface area contributed by atoms with Crippen LogP contribution in [0.4, 0.5) is 5.82 Å². The van der Waals surface area contributed by atoms with Gasteiger partial charge >= 0.3 is 0 Å². The molecule has 20 heavy (non-hydrogen) atoms. The average molecular weight is 277 g/mol. The van der Waals surface area contributed by atoms with E-state index < -0.39 is 0 Å². The quantitative estimate of drug-likeness (QED) is 0.859. The summed E-state index contributed by atoms with van der Waals surface area (Å²) in [5.74, 6) is 1.76. The third kappa shape index (κ3) is 4.78. The Bertz CT molecular complexity index is 407. The summed E-state index contributed by atoms with van der Waals surface area (Å²) in [4.78, 5) is 6.89. The Morgan fingerprint density at radius 3 is 2.45 bits per heavy atom. The molecule has 0 saturated heterocycles. The molecule has 0 aliphatic heterocycles. The van der Waals surface area contributed by atoms with Crippen LogP contribution in [0.15, 0.2) is 18.3 Å². The lowest BCUT2D eigenvalue weighted by atomic mass is 9.87. The van der Waals surface area contributed by atoms with E-state index in [0.29, 0.717) is 12.0 Å². The fraction of sp³-hybridized carbons (Fsp3) is 0.706. The molecular weight excluding hydrogens is 246 g/mol. The number of pyridine rings is 1. The molecule has 0 radical (unpaired) electrons. The maximum Gasteiger partial charge on any atom is 0.133 e. The van der Waals surface area contributed by atoms with Gasteiger partial charge in [-0.25, -0.2) is 4.98 Å². The Labute approximate surface area is 124 Å². The van der Waals surface area contributed by atoms with Gasteiger partial charge in [0.2, 0.25) is 0 Å². The molecule has 0 amide bonds. The van der Waals surface area contributed by atoms with Gasteiger partial charge in [0.25, 0.3) is 0 Å². The first-order valence-electron chi connectivity index (χ1n) is 7.61. The smallest absolute Gasteiger partial charge is 0.133 e. The topological polar surface area (TPSA) is 28.2 Å². The third-order valence-corrected chi connectivity index (χ3v) is 3.90. The van der Waals surface area contributed by atoms with Gasteiger partial charge in [0.05, 0.1) is 0 Å². The van der Waals surface area contributed by atoms with Crippen molar-refractivity contribution in [1.82, 2.24) is 10.3 Å². The fourth-order valence-electron chi connectivity index (χ4n) is 2.15.